The average molecular weight is 443 g/mol. The van der Waals surface area contributed by atoms with Crippen molar-refractivity contribution < 1.29 is 19.5 Å². The minimum absolute atomic E-state index is 0.296. The molecule has 3 aromatic carbocycles. The SMILES string of the molecule is C[C@@]1(O)CC(=O)[C@@H](C(=O)Nc2ccccc2)[C@H](c2ccccc2)[C@@H]1C(=O)Nc1ccccc1. The highest BCUT2D eigenvalue weighted by atomic mass is 16.3. The minimum atomic E-state index is -1.63. The molecule has 0 radical (unpaired) electrons. The lowest BCUT2D eigenvalue weighted by atomic mass is 9.61. The molecule has 0 unspecified atom stereocenters. The molecule has 0 heterocycles. The van der Waals surface area contributed by atoms with Crippen LogP contribution in [-0.4, -0.2) is 28.3 Å². The molecule has 168 valence electrons. The lowest BCUT2D eigenvalue weighted by Gasteiger charge is -2.44. The van der Waals surface area contributed by atoms with Gasteiger partial charge in [0.1, 0.15) is 11.7 Å². The molecule has 0 saturated heterocycles. The summed E-state index contributed by atoms with van der Waals surface area (Å²) >= 11 is 0. The summed E-state index contributed by atoms with van der Waals surface area (Å²) < 4.78 is 0. The van der Waals surface area contributed by atoms with Crippen LogP contribution in [0.3, 0.4) is 0 Å². The normalized spacial score (nSPS) is 24.7. The molecule has 1 aliphatic rings. The number of anilines is 2. The monoisotopic (exact) mass is 442 g/mol. The molecule has 3 aromatic rings. The first-order valence-corrected chi connectivity index (χ1v) is 10.9. The standard InChI is InChI=1S/C27H26N2O4/c1-27(33)17-21(30)23(25(31)28-19-13-7-3-8-14-19)22(18-11-5-2-6-12-18)24(27)26(32)29-20-15-9-4-10-16-20/h2-16,22-24,33H,17H2,1H3,(H,28,31)(H,29,32)/t22-,23+,24+,27+/m0/s1. The summed E-state index contributed by atoms with van der Waals surface area (Å²) in [4.78, 5) is 40.0. The van der Waals surface area contributed by atoms with Gasteiger partial charge in [-0.1, -0.05) is 66.7 Å². The van der Waals surface area contributed by atoms with Crippen molar-refractivity contribution in [2.24, 2.45) is 11.8 Å². The van der Waals surface area contributed by atoms with Crippen LogP contribution in [0.2, 0.25) is 0 Å². The number of ketones is 1. The number of amides is 2. The predicted molar refractivity (Wildman–Crippen MR) is 127 cm³/mol. The van der Waals surface area contributed by atoms with Crippen molar-refractivity contribution in [3.05, 3.63) is 96.6 Å². The number of Topliss-reactive ketones (excluding diaryl/α,β-unsaturated/α-hetero) is 1. The van der Waals surface area contributed by atoms with Crippen LogP contribution in [0, 0.1) is 11.8 Å². The summed E-state index contributed by atoms with van der Waals surface area (Å²) in [6.45, 7) is 1.49. The lowest BCUT2D eigenvalue weighted by molar-refractivity contribution is -0.150. The molecule has 0 bridgehead atoms. The molecule has 1 saturated carbocycles. The van der Waals surface area contributed by atoms with Gasteiger partial charge in [-0.3, -0.25) is 14.4 Å². The third-order valence-corrected chi connectivity index (χ3v) is 6.10. The Morgan fingerprint density at radius 1 is 0.788 bits per heavy atom. The average Bonchev–Trinajstić information content (AvgIpc) is 2.79. The van der Waals surface area contributed by atoms with Crippen LogP contribution in [-0.2, 0) is 14.4 Å². The van der Waals surface area contributed by atoms with Crippen LogP contribution >= 0.6 is 0 Å². The molecule has 1 fully saturated rings. The Labute approximate surface area is 192 Å². The number of carbonyl (C=O) groups excluding carboxylic acids is 3. The molecular formula is C27H26N2O4. The molecule has 6 nitrogen and oxygen atoms in total. The minimum Gasteiger partial charge on any atom is -0.389 e. The van der Waals surface area contributed by atoms with Crippen LogP contribution in [0.4, 0.5) is 11.4 Å². The van der Waals surface area contributed by atoms with E-state index in [9.17, 15) is 19.5 Å². The summed E-state index contributed by atoms with van der Waals surface area (Å²) in [5.41, 5.74) is 0.157. The molecule has 3 N–H and O–H groups in total. The summed E-state index contributed by atoms with van der Waals surface area (Å²) in [5.74, 6) is -4.32. The van der Waals surface area contributed by atoms with E-state index in [2.05, 4.69) is 10.6 Å². The summed E-state index contributed by atoms with van der Waals surface area (Å²) in [5, 5.41) is 16.9. The van der Waals surface area contributed by atoms with Crippen molar-refractivity contribution in [1.82, 2.24) is 0 Å². The molecule has 0 aliphatic heterocycles. The van der Waals surface area contributed by atoms with Gasteiger partial charge in [0.15, 0.2) is 0 Å². The Morgan fingerprint density at radius 3 is 1.76 bits per heavy atom. The van der Waals surface area contributed by atoms with E-state index in [4.69, 9.17) is 0 Å². The maximum Gasteiger partial charge on any atom is 0.235 e. The van der Waals surface area contributed by atoms with E-state index in [-0.39, 0.29) is 6.42 Å². The Bertz CT molecular complexity index is 1130. The predicted octanol–water partition coefficient (Wildman–Crippen LogP) is 4.00. The topological polar surface area (TPSA) is 95.5 Å². The number of aliphatic hydroxyl groups is 1. The number of carbonyl (C=O) groups is 3. The lowest BCUT2D eigenvalue weighted by Crippen LogP contribution is -2.56. The zero-order valence-corrected chi connectivity index (χ0v) is 18.3. The van der Waals surface area contributed by atoms with Gasteiger partial charge in [-0.25, -0.2) is 0 Å². The number of hydrogen-bond donors (Lipinski definition) is 3. The molecular weight excluding hydrogens is 416 g/mol. The van der Waals surface area contributed by atoms with Gasteiger partial charge >= 0.3 is 0 Å². The highest BCUT2D eigenvalue weighted by Crippen LogP contribution is 2.46. The van der Waals surface area contributed by atoms with Gasteiger partial charge < -0.3 is 15.7 Å². The van der Waals surface area contributed by atoms with Crippen LogP contribution in [0.1, 0.15) is 24.8 Å². The number of para-hydroxylation sites is 2. The largest absolute Gasteiger partial charge is 0.389 e. The second kappa shape index (κ2) is 9.38. The molecule has 2 amide bonds. The molecule has 0 aromatic heterocycles. The summed E-state index contributed by atoms with van der Waals surface area (Å²) in [7, 11) is 0. The van der Waals surface area contributed by atoms with Crippen LogP contribution in [0.25, 0.3) is 0 Å². The van der Waals surface area contributed by atoms with Gasteiger partial charge in [-0.05, 0) is 36.8 Å². The van der Waals surface area contributed by atoms with Crippen molar-refractivity contribution >= 4 is 29.0 Å². The van der Waals surface area contributed by atoms with Crippen molar-refractivity contribution in [3.8, 4) is 0 Å². The van der Waals surface area contributed by atoms with E-state index in [1.54, 1.807) is 72.8 Å². The van der Waals surface area contributed by atoms with Gasteiger partial charge in [-0.15, -0.1) is 0 Å². The van der Waals surface area contributed by atoms with Crippen LogP contribution in [0.15, 0.2) is 91.0 Å². The van der Waals surface area contributed by atoms with E-state index < -0.39 is 41.0 Å². The smallest absolute Gasteiger partial charge is 0.235 e. The quantitative estimate of drug-likeness (QED) is 0.521. The fourth-order valence-electron chi connectivity index (χ4n) is 4.65. The third-order valence-electron chi connectivity index (χ3n) is 6.10. The Kier molecular flexibility index (Phi) is 6.38. The summed E-state index contributed by atoms with van der Waals surface area (Å²) in [6, 6.07) is 26.8. The van der Waals surface area contributed by atoms with E-state index in [0.29, 0.717) is 16.9 Å². The zero-order valence-electron chi connectivity index (χ0n) is 18.3. The summed E-state index contributed by atoms with van der Waals surface area (Å²) in [6.07, 6.45) is -0.296. The van der Waals surface area contributed by atoms with E-state index in [0.717, 1.165) is 0 Å². The van der Waals surface area contributed by atoms with E-state index in [1.807, 2.05) is 18.2 Å². The fraction of sp³-hybridized carbons (Fsp3) is 0.222. The van der Waals surface area contributed by atoms with Crippen molar-refractivity contribution in [3.63, 3.8) is 0 Å². The second-order valence-corrected chi connectivity index (χ2v) is 8.60. The van der Waals surface area contributed by atoms with Gasteiger partial charge in [0.05, 0.1) is 11.5 Å². The van der Waals surface area contributed by atoms with Crippen molar-refractivity contribution in [2.45, 2.75) is 24.9 Å². The first-order valence-electron chi connectivity index (χ1n) is 10.9. The molecule has 1 aliphatic carbocycles. The van der Waals surface area contributed by atoms with Gasteiger partial charge in [-0.2, -0.15) is 0 Å². The van der Waals surface area contributed by atoms with Crippen molar-refractivity contribution in [2.75, 3.05) is 10.6 Å². The molecule has 4 rings (SSSR count). The highest BCUT2D eigenvalue weighted by Gasteiger charge is 2.55. The van der Waals surface area contributed by atoms with Gasteiger partial charge in [0.25, 0.3) is 0 Å². The van der Waals surface area contributed by atoms with Crippen LogP contribution in [0.5, 0.6) is 0 Å². The van der Waals surface area contributed by atoms with E-state index >= 15 is 0 Å². The zero-order chi connectivity index (χ0) is 23.4. The molecule has 4 atom stereocenters. The Balaban J connectivity index is 1.74. The second-order valence-electron chi connectivity index (χ2n) is 8.60. The molecule has 0 spiro atoms. The maximum atomic E-state index is 13.5. The fourth-order valence-corrected chi connectivity index (χ4v) is 4.65. The van der Waals surface area contributed by atoms with Gasteiger partial charge in [0, 0.05) is 23.7 Å². The number of nitrogens with one attached hydrogen (secondary N) is 2. The third kappa shape index (κ3) is 4.86. The van der Waals surface area contributed by atoms with Crippen molar-refractivity contribution in [1.29, 1.82) is 0 Å². The number of hydrogen-bond acceptors (Lipinski definition) is 4. The number of benzene rings is 3. The number of rotatable bonds is 5. The molecule has 6 heteroatoms. The first-order chi connectivity index (χ1) is 15.9. The Morgan fingerprint density at radius 2 is 1.24 bits per heavy atom. The maximum absolute atomic E-state index is 13.5. The van der Waals surface area contributed by atoms with E-state index in [1.165, 1.54) is 6.92 Å². The Hall–Kier alpha value is -3.77. The van der Waals surface area contributed by atoms with Crippen LogP contribution < -0.4 is 10.6 Å². The first kappa shape index (κ1) is 22.4. The molecule has 33 heavy (non-hydrogen) atoms. The van der Waals surface area contributed by atoms with Gasteiger partial charge in [0.2, 0.25) is 11.8 Å². The highest BCUT2D eigenvalue weighted by molar-refractivity contribution is 6.10.